The normalized spacial score (nSPS) is 38.3. The molecule has 5 heteroatoms. The van der Waals surface area contributed by atoms with E-state index in [1.165, 1.54) is 6.08 Å². The van der Waals surface area contributed by atoms with E-state index in [0.29, 0.717) is 41.1 Å². The molecule has 0 heterocycles. The van der Waals surface area contributed by atoms with Gasteiger partial charge in [0.1, 0.15) is 18.1 Å². The third-order valence-corrected chi connectivity index (χ3v) is 9.18. The number of rotatable bonds is 6. The van der Waals surface area contributed by atoms with E-state index in [1.807, 2.05) is 13.8 Å². The molecule has 5 nitrogen and oxygen atoms in total. The molecular formula is C30H48O5. The highest BCUT2D eigenvalue weighted by Crippen LogP contribution is 2.40. The monoisotopic (exact) mass is 488 g/mol. The van der Waals surface area contributed by atoms with Crippen molar-refractivity contribution in [2.75, 3.05) is 0 Å². The first kappa shape index (κ1) is 27.9. The van der Waals surface area contributed by atoms with Gasteiger partial charge in [0.15, 0.2) is 5.78 Å². The van der Waals surface area contributed by atoms with Crippen molar-refractivity contribution >= 4 is 17.7 Å². The molecule has 3 aliphatic rings. The highest BCUT2D eigenvalue weighted by atomic mass is 16.5. The van der Waals surface area contributed by atoms with E-state index in [-0.39, 0.29) is 24.0 Å². The zero-order valence-electron chi connectivity index (χ0n) is 23.2. The first-order valence-corrected chi connectivity index (χ1v) is 14.0. The second kappa shape index (κ2) is 11.6. The molecule has 0 N–H and O–H groups in total. The number of ketones is 1. The molecule has 0 aromatic carbocycles. The fourth-order valence-electron chi connectivity index (χ4n) is 6.95. The van der Waals surface area contributed by atoms with Crippen molar-refractivity contribution in [3.8, 4) is 0 Å². The van der Waals surface area contributed by atoms with Crippen LogP contribution in [0.4, 0.5) is 0 Å². The van der Waals surface area contributed by atoms with Crippen LogP contribution < -0.4 is 0 Å². The summed E-state index contributed by atoms with van der Waals surface area (Å²) in [6.07, 6.45) is 7.32. The lowest BCUT2D eigenvalue weighted by atomic mass is 9.71. The molecule has 0 bridgehead atoms. The molecule has 0 aromatic heterocycles. The zero-order chi connectivity index (χ0) is 26.0. The fourth-order valence-corrected chi connectivity index (χ4v) is 6.95. The number of hydrogen-bond acceptors (Lipinski definition) is 5. The van der Waals surface area contributed by atoms with Crippen LogP contribution in [0.5, 0.6) is 0 Å². The largest absolute Gasteiger partial charge is 0.462 e. The van der Waals surface area contributed by atoms with E-state index >= 15 is 0 Å². The quantitative estimate of drug-likeness (QED) is 0.320. The van der Waals surface area contributed by atoms with Gasteiger partial charge in [0, 0.05) is 0 Å². The van der Waals surface area contributed by atoms with E-state index in [2.05, 4.69) is 41.5 Å². The van der Waals surface area contributed by atoms with Crippen LogP contribution in [0, 0.1) is 53.3 Å². The van der Waals surface area contributed by atoms with Gasteiger partial charge in [-0.3, -0.25) is 14.4 Å². The summed E-state index contributed by atoms with van der Waals surface area (Å²) in [6, 6.07) is 0. The lowest BCUT2D eigenvalue weighted by molar-refractivity contribution is -0.169. The SMILES string of the molecule is CC1=CC(=O)[C@H](C(=O)O[C@@H]2C[C@H](C)CC[C@@H]2C(C)C)[C@H](C)[C@@H]1C(=O)O[C@@H]1C[C@H](C)CC[C@H]1C(C)C. The Kier molecular flexibility index (Phi) is 9.26. The van der Waals surface area contributed by atoms with E-state index in [9.17, 15) is 14.4 Å². The Morgan fingerprint density at radius 1 is 0.771 bits per heavy atom. The molecule has 3 aliphatic carbocycles. The Balaban J connectivity index is 1.75. The maximum atomic E-state index is 13.5. The van der Waals surface area contributed by atoms with Gasteiger partial charge >= 0.3 is 11.9 Å². The van der Waals surface area contributed by atoms with Crippen molar-refractivity contribution in [1.82, 2.24) is 0 Å². The van der Waals surface area contributed by atoms with E-state index in [1.54, 1.807) is 0 Å². The minimum atomic E-state index is -0.951. The molecule has 0 radical (unpaired) electrons. The average Bonchev–Trinajstić information content (AvgIpc) is 2.72. The molecule has 198 valence electrons. The summed E-state index contributed by atoms with van der Waals surface area (Å²) in [5.41, 5.74) is 0.688. The maximum absolute atomic E-state index is 13.5. The third kappa shape index (κ3) is 6.38. The molecule has 0 spiro atoms. The van der Waals surface area contributed by atoms with Crippen LogP contribution in [0.25, 0.3) is 0 Å². The lowest BCUT2D eigenvalue weighted by Crippen LogP contribution is -2.46. The van der Waals surface area contributed by atoms with Gasteiger partial charge in [-0.25, -0.2) is 0 Å². The molecule has 3 rings (SSSR count). The molecular weight excluding hydrogens is 440 g/mol. The molecule has 9 atom stereocenters. The second-order valence-corrected chi connectivity index (χ2v) is 12.7. The number of esters is 2. The Morgan fingerprint density at radius 3 is 1.63 bits per heavy atom. The van der Waals surface area contributed by atoms with Crippen LogP contribution in [-0.2, 0) is 23.9 Å². The third-order valence-electron chi connectivity index (χ3n) is 9.18. The summed E-state index contributed by atoms with van der Waals surface area (Å²) >= 11 is 0. The standard InChI is InChI=1S/C30H48O5/c1-16(2)22-11-9-18(5)13-25(22)34-29(32)27-20(7)15-24(31)28(21(27)8)30(33)35-26-14-19(6)10-12-23(26)17(3)4/h15-19,21-23,25-28H,9-14H2,1-8H3/t18-,19-,21-,22+,23-,25-,26-,27-,28-/m1/s1. The van der Waals surface area contributed by atoms with Gasteiger partial charge in [0.2, 0.25) is 0 Å². The van der Waals surface area contributed by atoms with Crippen molar-refractivity contribution < 1.29 is 23.9 Å². The highest BCUT2D eigenvalue weighted by Gasteiger charge is 2.47. The predicted octanol–water partition coefficient (Wildman–Crippen LogP) is 6.39. The smallest absolute Gasteiger partial charge is 0.317 e. The Hall–Kier alpha value is -1.65. The molecule has 35 heavy (non-hydrogen) atoms. The molecule has 2 saturated carbocycles. The number of carbonyl (C=O) groups excluding carboxylic acids is 3. The highest BCUT2D eigenvalue weighted by molar-refractivity contribution is 6.07. The zero-order valence-corrected chi connectivity index (χ0v) is 23.2. The number of allylic oxidation sites excluding steroid dienone is 1. The molecule has 0 unspecified atom stereocenters. The summed E-state index contributed by atoms with van der Waals surface area (Å²) in [5, 5.41) is 0. The Morgan fingerprint density at radius 2 is 1.20 bits per heavy atom. The van der Waals surface area contributed by atoms with Gasteiger partial charge in [-0.05, 0) is 80.1 Å². The summed E-state index contributed by atoms with van der Waals surface area (Å²) in [5.74, 6) is -0.511. The predicted molar refractivity (Wildman–Crippen MR) is 137 cm³/mol. The van der Waals surface area contributed by atoms with Crippen LogP contribution >= 0.6 is 0 Å². The summed E-state index contributed by atoms with van der Waals surface area (Å²) in [4.78, 5) is 39.9. The minimum Gasteiger partial charge on any atom is -0.462 e. The Labute approximate surface area is 212 Å². The van der Waals surface area contributed by atoms with Gasteiger partial charge in [0.05, 0.1) is 5.92 Å². The molecule has 0 aromatic rings. The van der Waals surface area contributed by atoms with Crippen molar-refractivity contribution in [1.29, 1.82) is 0 Å². The summed E-state index contributed by atoms with van der Waals surface area (Å²) in [7, 11) is 0. The number of ether oxygens (including phenoxy) is 2. The van der Waals surface area contributed by atoms with Gasteiger partial charge in [-0.2, -0.15) is 0 Å². The molecule has 0 saturated heterocycles. The molecule has 0 aliphatic heterocycles. The fraction of sp³-hybridized carbons (Fsp3) is 0.833. The van der Waals surface area contributed by atoms with Gasteiger partial charge in [0.25, 0.3) is 0 Å². The first-order chi connectivity index (χ1) is 16.4. The Bertz CT molecular complexity index is 812. The second-order valence-electron chi connectivity index (χ2n) is 12.7. The maximum Gasteiger partial charge on any atom is 0.317 e. The van der Waals surface area contributed by atoms with Crippen LogP contribution in [-0.4, -0.2) is 29.9 Å². The summed E-state index contributed by atoms with van der Waals surface area (Å²) in [6.45, 7) is 16.8. The number of carbonyl (C=O) groups is 3. The van der Waals surface area contributed by atoms with E-state index in [4.69, 9.17) is 9.47 Å². The van der Waals surface area contributed by atoms with Gasteiger partial charge < -0.3 is 9.47 Å². The lowest BCUT2D eigenvalue weighted by Gasteiger charge is -2.40. The van der Waals surface area contributed by atoms with E-state index in [0.717, 1.165) is 38.5 Å². The van der Waals surface area contributed by atoms with E-state index < -0.39 is 23.7 Å². The summed E-state index contributed by atoms with van der Waals surface area (Å²) < 4.78 is 12.2. The van der Waals surface area contributed by atoms with Crippen LogP contribution in [0.15, 0.2) is 11.6 Å². The van der Waals surface area contributed by atoms with Crippen LogP contribution in [0.3, 0.4) is 0 Å². The number of hydrogen-bond donors (Lipinski definition) is 0. The van der Waals surface area contributed by atoms with Crippen molar-refractivity contribution in [3.63, 3.8) is 0 Å². The van der Waals surface area contributed by atoms with Crippen molar-refractivity contribution in [2.24, 2.45) is 53.3 Å². The topological polar surface area (TPSA) is 69.7 Å². The van der Waals surface area contributed by atoms with Gasteiger partial charge in [-0.15, -0.1) is 0 Å². The van der Waals surface area contributed by atoms with Crippen LogP contribution in [0.2, 0.25) is 0 Å². The molecule has 2 fully saturated rings. The van der Waals surface area contributed by atoms with Crippen molar-refractivity contribution in [3.05, 3.63) is 11.6 Å². The molecule has 0 amide bonds. The minimum absolute atomic E-state index is 0.107. The van der Waals surface area contributed by atoms with Crippen LogP contribution in [0.1, 0.15) is 93.9 Å². The first-order valence-electron chi connectivity index (χ1n) is 14.0. The van der Waals surface area contributed by atoms with Gasteiger partial charge in [-0.1, -0.05) is 66.9 Å². The average molecular weight is 489 g/mol. The van der Waals surface area contributed by atoms with Crippen molar-refractivity contribution in [2.45, 2.75) is 106 Å².